The van der Waals surface area contributed by atoms with Crippen molar-refractivity contribution in [2.24, 2.45) is 11.5 Å². The molecule has 2 aromatic carbocycles. The van der Waals surface area contributed by atoms with Gasteiger partial charge in [0.2, 0.25) is 0 Å². The predicted octanol–water partition coefficient (Wildman–Crippen LogP) is 2.58. The maximum Gasteiger partial charge on any atom is 0.0891 e. The minimum atomic E-state index is -0.919. The van der Waals surface area contributed by atoms with E-state index in [1.807, 2.05) is 36.4 Å². The lowest BCUT2D eigenvalue weighted by Gasteiger charge is -2.22. The molecule has 3 heteroatoms. The van der Waals surface area contributed by atoms with Crippen LogP contribution in [0.5, 0.6) is 0 Å². The summed E-state index contributed by atoms with van der Waals surface area (Å²) in [7, 11) is 0. The van der Waals surface area contributed by atoms with Crippen LogP contribution >= 0.6 is 11.6 Å². The number of hydrogen-bond acceptors (Lipinski definition) is 2. The van der Waals surface area contributed by atoms with Crippen molar-refractivity contribution in [2.45, 2.75) is 12.6 Å². The molecule has 0 aliphatic heterocycles. The maximum absolute atomic E-state index is 6.13. The number of halogens is 1. The van der Waals surface area contributed by atoms with Crippen molar-refractivity contribution in [3.8, 4) is 0 Å². The number of rotatable bonds is 1. The van der Waals surface area contributed by atoms with E-state index >= 15 is 0 Å². The van der Waals surface area contributed by atoms with Crippen molar-refractivity contribution >= 4 is 22.4 Å². The molecule has 0 aromatic heterocycles. The summed E-state index contributed by atoms with van der Waals surface area (Å²) in [6.45, 7) is 1.75. The summed E-state index contributed by atoms with van der Waals surface area (Å²) >= 11 is 6.13. The first kappa shape index (κ1) is 10.4. The molecule has 78 valence electrons. The zero-order valence-electron chi connectivity index (χ0n) is 8.50. The van der Waals surface area contributed by atoms with Gasteiger partial charge in [-0.15, -0.1) is 0 Å². The van der Waals surface area contributed by atoms with Crippen LogP contribution in [0.4, 0.5) is 0 Å². The lowest BCUT2D eigenvalue weighted by atomic mass is 9.96. The highest BCUT2D eigenvalue weighted by Gasteiger charge is 2.20. The zero-order valence-corrected chi connectivity index (χ0v) is 9.25. The molecule has 0 unspecified atom stereocenters. The highest BCUT2D eigenvalue weighted by atomic mass is 35.5. The Hall–Kier alpha value is -1.09. The van der Waals surface area contributed by atoms with Crippen LogP contribution in [-0.2, 0) is 5.66 Å². The van der Waals surface area contributed by atoms with Crippen LogP contribution < -0.4 is 11.5 Å². The van der Waals surface area contributed by atoms with Gasteiger partial charge < -0.3 is 11.5 Å². The summed E-state index contributed by atoms with van der Waals surface area (Å²) in [5, 5.41) is 2.72. The number of fused-ring (bicyclic) bond motifs is 1. The van der Waals surface area contributed by atoms with Gasteiger partial charge in [-0.3, -0.25) is 0 Å². The minimum Gasteiger partial charge on any atom is -0.310 e. The van der Waals surface area contributed by atoms with Crippen LogP contribution in [0.1, 0.15) is 12.5 Å². The largest absolute Gasteiger partial charge is 0.310 e. The van der Waals surface area contributed by atoms with Gasteiger partial charge in [-0.1, -0.05) is 41.9 Å². The van der Waals surface area contributed by atoms with Gasteiger partial charge in [0, 0.05) is 10.6 Å². The number of nitrogens with two attached hydrogens (primary N) is 2. The van der Waals surface area contributed by atoms with Gasteiger partial charge in [0.25, 0.3) is 0 Å². The van der Waals surface area contributed by atoms with Crippen LogP contribution in [0.25, 0.3) is 10.8 Å². The Balaban J connectivity index is 2.86. The molecule has 0 aliphatic rings. The van der Waals surface area contributed by atoms with Crippen molar-refractivity contribution in [1.82, 2.24) is 0 Å². The van der Waals surface area contributed by atoms with Crippen molar-refractivity contribution < 1.29 is 0 Å². The standard InChI is InChI=1S/C12H13ClN2/c1-12(14,15)11-9-5-3-2-4-8(9)6-7-10(11)13/h2-7H,14-15H2,1H3. The van der Waals surface area contributed by atoms with E-state index in [4.69, 9.17) is 23.1 Å². The molecular weight excluding hydrogens is 208 g/mol. The van der Waals surface area contributed by atoms with E-state index in [0.717, 1.165) is 16.3 Å². The van der Waals surface area contributed by atoms with Gasteiger partial charge in [0.05, 0.1) is 5.66 Å². The van der Waals surface area contributed by atoms with E-state index in [2.05, 4.69) is 0 Å². The summed E-state index contributed by atoms with van der Waals surface area (Å²) in [6.07, 6.45) is 0. The Labute approximate surface area is 93.8 Å². The van der Waals surface area contributed by atoms with Gasteiger partial charge in [-0.05, 0) is 23.8 Å². The van der Waals surface area contributed by atoms with E-state index in [9.17, 15) is 0 Å². The quantitative estimate of drug-likeness (QED) is 0.726. The molecule has 2 rings (SSSR count). The summed E-state index contributed by atoms with van der Waals surface area (Å²) < 4.78 is 0. The topological polar surface area (TPSA) is 52.0 Å². The third kappa shape index (κ3) is 1.84. The summed E-state index contributed by atoms with van der Waals surface area (Å²) in [5.74, 6) is 0. The maximum atomic E-state index is 6.13. The lowest BCUT2D eigenvalue weighted by molar-refractivity contribution is 0.526. The summed E-state index contributed by atoms with van der Waals surface area (Å²) in [4.78, 5) is 0. The van der Waals surface area contributed by atoms with Gasteiger partial charge in [0.1, 0.15) is 0 Å². The fraction of sp³-hybridized carbons (Fsp3) is 0.167. The molecule has 2 nitrogen and oxygen atoms in total. The third-order valence-electron chi connectivity index (χ3n) is 2.42. The molecule has 0 radical (unpaired) electrons. The van der Waals surface area contributed by atoms with Gasteiger partial charge in [-0.25, -0.2) is 0 Å². The van der Waals surface area contributed by atoms with Crippen molar-refractivity contribution in [3.05, 3.63) is 47.0 Å². The Morgan fingerprint density at radius 1 is 1.07 bits per heavy atom. The zero-order chi connectivity index (χ0) is 11.1. The minimum absolute atomic E-state index is 0.612. The van der Waals surface area contributed by atoms with Crippen LogP contribution in [0, 0.1) is 0 Å². The molecule has 0 spiro atoms. The molecule has 0 bridgehead atoms. The van der Waals surface area contributed by atoms with Gasteiger partial charge in [-0.2, -0.15) is 0 Å². The lowest BCUT2D eigenvalue weighted by Crippen LogP contribution is -2.43. The SMILES string of the molecule is CC(N)(N)c1c(Cl)ccc2ccccc12. The van der Waals surface area contributed by atoms with E-state index < -0.39 is 5.66 Å². The molecule has 0 fully saturated rings. The Morgan fingerprint density at radius 2 is 1.73 bits per heavy atom. The first-order valence-corrected chi connectivity index (χ1v) is 5.13. The Bertz CT molecular complexity index is 500. The van der Waals surface area contributed by atoms with Gasteiger partial charge in [0.15, 0.2) is 0 Å². The first-order chi connectivity index (χ1) is 7.00. The monoisotopic (exact) mass is 220 g/mol. The molecule has 0 heterocycles. The molecule has 0 atom stereocenters. The fourth-order valence-corrected chi connectivity index (χ4v) is 2.16. The van der Waals surface area contributed by atoms with Crippen LogP contribution in [-0.4, -0.2) is 0 Å². The highest BCUT2D eigenvalue weighted by molar-refractivity contribution is 6.32. The average Bonchev–Trinajstić information content (AvgIpc) is 2.15. The highest BCUT2D eigenvalue weighted by Crippen LogP contribution is 2.30. The van der Waals surface area contributed by atoms with Crippen molar-refractivity contribution in [3.63, 3.8) is 0 Å². The van der Waals surface area contributed by atoms with Crippen molar-refractivity contribution in [2.75, 3.05) is 0 Å². The van der Waals surface area contributed by atoms with E-state index in [-0.39, 0.29) is 0 Å². The average molecular weight is 221 g/mol. The second-order valence-electron chi connectivity index (χ2n) is 3.93. The molecule has 0 saturated carbocycles. The Morgan fingerprint density at radius 3 is 2.40 bits per heavy atom. The normalized spacial score (nSPS) is 12.0. The molecule has 15 heavy (non-hydrogen) atoms. The Kier molecular flexibility index (Phi) is 2.43. The number of benzene rings is 2. The molecule has 0 amide bonds. The number of hydrogen-bond donors (Lipinski definition) is 2. The van der Waals surface area contributed by atoms with E-state index in [1.165, 1.54) is 0 Å². The molecule has 0 aliphatic carbocycles. The predicted molar refractivity (Wildman–Crippen MR) is 64.7 cm³/mol. The summed E-state index contributed by atoms with van der Waals surface area (Å²) in [6, 6.07) is 11.7. The van der Waals surface area contributed by atoms with Crippen LogP contribution in [0.2, 0.25) is 5.02 Å². The smallest absolute Gasteiger partial charge is 0.0891 e. The molecule has 2 aromatic rings. The van der Waals surface area contributed by atoms with E-state index in [0.29, 0.717) is 5.02 Å². The van der Waals surface area contributed by atoms with Crippen LogP contribution in [0.3, 0.4) is 0 Å². The fourth-order valence-electron chi connectivity index (χ4n) is 1.79. The van der Waals surface area contributed by atoms with Crippen LogP contribution in [0.15, 0.2) is 36.4 Å². The van der Waals surface area contributed by atoms with Crippen molar-refractivity contribution in [1.29, 1.82) is 0 Å². The molecular formula is C12H13ClN2. The second kappa shape index (κ2) is 3.49. The second-order valence-corrected chi connectivity index (χ2v) is 4.33. The molecule has 4 N–H and O–H groups in total. The third-order valence-corrected chi connectivity index (χ3v) is 2.73. The first-order valence-electron chi connectivity index (χ1n) is 4.75. The van der Waals surface area contributed by atoms with Gasteiger partial charge >= 0.3 is 0 Å². The summed E-state index contributed by atoms with van der Waals surface area (Å²) in [5.41, 5.74) is 11.7. The molecule has 0 saturated heterocycles. The van der Waals surface area contributed by atoms with E-state index in [1.54, 1.807) is 6.92 Å².